The highest BCUT2D eigenvalue weighted by atomic mass is 16.2. The van der Waals surface area contributed by atoms with E-state index < -0.39 is 0 Å². The van der Waals surface area contributed by atoms with Crippen LogP contribution in [-0.4, -0.2) is 23.9 Å². The van der Waals surface area contributed by atoms with Crippen LogP contribution in [-0.2, 0) is 4.79 Å². The van der Waals surface area contributed by atoms with Crippen LogP contribution in [0.25, 0.3) is 0 Å². The van der Waals surface area contributed by atoms with Crippen molar-refractivity contribution in [2.75, 3.05) is 13.1 Å². The van der Waals surface area contributed by atoms with Crippen LogP contribution in [0.4, 0.5) is 0 Å². The molecule has 1 aliphatic carbocycles. The van der Waals surface area contributed by atoms with E-state index in [0.717, 1.165) is 19.5 Å². The van der Waals surface area contributed by atoms with Gasteiger partial charge in [-0.15, -0.1) is 0 Å². The Labute approximate surface area is 79.6 Å². The molecule has 1 amide bonds. The summed E-state index contributed by atoms with van der Waals surface area (Å²) in [7, 11) is 0. The van der Waals surface area contributed by atoms with Gasteiger partial charge >= 0.3 is 0 Å². The Morgan fingerprint density at radius 3 is 2.46 bits per heavy atom. The maximum Gasteiger partial charge on any atom is 0.223 e. The number of nitrogens with zero attached hydrogens (tertiary/aromatic N) is 1. The molecule has 0 aromatic heterocycles. The van der Waals surface area contributed by atoms with E-state index in [2.05, 4.69) is 12.2 Å². The highest BCUT2D eigenvalue weighted by molar-refractivity contribution is 5.77. The topological polar surface area (TPSA) is 20.3 Å². The van der Waals surface area contributed by atoms with Crippen molar-refractivity contribution < 1.29 is 4.79 Å². The SMILES string of the molecule is O=C(CC1CCCC1)N1CC=CC1. The maximum absolute atomic E-state index is 11.7. The van der Waals surface area contributed by atoms with Crippen LogP contribution in [0.15, 0.2) is 12.2 Å². The van der Waals surface area contributed by atoms with Gasteiger partial charge in [0.1, 0.15) is 0 Å². The molecule has 1 heterocycles. The highest BCUT2D eigenvalue weighted by Gasteiger charge is 2.21. The average Bonchev–Trinajstić information content (AvgIpc) is 2.74. The van der Waals surface area contributed by atoms with Crippen LogP contribution in [0.5, 0.6) is 0 Å². The van der Waals surface area contributed by atoms with Crippen LogP contribution in [0.3, 0.4) is 0 Å². The van der Waals surface area contributed by atoms with E-state index in [1.807, 2.05) is 4.90 Å². The van der Waals surface area contributed by atoms with E-state index >= 15 is 0 Å². The molecule has 1 aliphatic heterocycles. The van der Waals surface area contributed by atoms with Crippen molar-refractivity contribution in [2.24, 2.45) is 5.92 Å². The lowest BCUT2D eigenvalue weighted by Crippen LogP contribution is -2.29. The first-order valence-corrected chi connectivity index (χ1v) is 5.29. The predicted molar refractivity (Wildman–Crippen MR) is 52.3 cm³/mol. The van der Waals surface area contributed by atoms with Crippen molar-refractivity contribution >= 4 is 5.91 Å². The Morgan fingerprint density at radius 2 is 1.85 bits per heavy atom. The molecule has 2 heteroatoms. The van der Waals surface area contributed by atoms with Gasteiger partial charge in [0.2, 0.25) is 5.91 Å². The monoisotopic (exact) mass is 179 g/mol. The third kappa shape index (κ3) is 2.11. The molecular weight excluding hydrogens is 162 g/mol. The number of hydrogen-bond donors (Lipinski definition) is 0. The zero-order valence-corrected chi connectivity index (χ0v) is 8.04. The molecule has 0 radical (unpaired) electrons. The van der Waals surface area contributed by atoms with Crippen LogP contribution in [0.2, 0.25) is 0 Å². The summed E-state index contributed by atoms with van der Waals surface area (Å²) in [5.74, 6) is 1.05. The van der Waals surface area contributed by atoms with Crippen molar-refractivity contribution in [1.29, 1.82) is 0 Å². The van der Waals surface area contributed by atoms with Crippen molar-refractivity contribution in [1.82, 2.24) is 4.90 Å². The molecule has 0 aromatic rings. The number of rotatable bonds is 2. The number of amides is 1. The Kier molecular flexibility index (Phi) is 2.67. The van der Waals surface area contributed by atoms with Gasteiger partial charge in [0.25, 0.3) is 0 Å². The molecule has 2 rings (SSSR count). The second kappa shape index (κ2) is 3.95. The smallest absolute Gasteiger partial charge is 0.223 e. The Balaban J connectivity index is 1.77. The van der Waals surface area contributed by atoms with Gasteiger partial charge in [-0.25, -0.2) is 0 Å². The molecule has 0 spiro atoms. The predicted octanol–water partition coefficient (Wildman–Crippen LogP) is 1.97. The van der Waals surface area contributed by atoms with Gasteiger partial charge in [-0.1, -0.05) is 25.0 Å². The molecule has 0 atom stereocenters. The average molecular weight is 179 g/mol. The summed E-state index contributed by atoms with van der Waals surface area (Å²) in [4.78, 5) is 13.6. The lowest BCUT2D eigenvalue weighted by atomic mass is 10.0. The first-order chi connectivity index (χ1) is 6.36. The second-order valence-corrected chi connectivity index (χ2v) is 4.12. The summed E-state index contributed by atoms with van der Waals surface area (Å²) in [5.41, 5.74) is 0. The second-order valence-electron chi connectivity index (χ2n) is 4.12. The molecule has 72 valence electrons. The van der Waals surface area contributed by atoms with E-state index in [0.29, 0.717) is 11.8 Å². The van der Waals surface area contributed by atoms with Crippen LogP contribution >= 0.6 is 0 Å². The fraction of sp³-hybridized carbons (Fsp3) is 0.727. The van der Waals surface area contributed by atoms with Gasteiger partial charge < -0.3 is 4.90 Å². The van der Waals surface area contributed by atoms with Crippen molar-refractivity contribution in [3.05, 3.63) is 12.2 Å². The van der Waals surface area contributed by atoms with Gasteiger partial charge in [-0.3, -0.25) is 4.79 Å². The van der Waals surface area contributed by atoms with Crippen LogP contribution < -0.4 is 0 Å². The van der Waals surface area contributed by atoms with Gasteiger partial charge in [0, 0.05) is 19.5 Å². The molecule has 0 saturated heterocycles. The zero-order valence-electron chi connectivity index (χ0n) is 8.04. The van der Waals surface area contributed by atoms with E-state index in [1.54, 1.807) is 0 Å². The number of hydrogen-bond acceptors (Lipinski definition) is 1. The standard InChI is InChI=1S/C11H17NO/c13-11(12-7-3-4-8-12)9-10-5-1-2-6-10/h3-4,10H,1-2,5-9H2. The summed E-state index contributed by atoms with van der Waals surface area (Å²) in [6, 6.07) is 0. The molecule has 13 heavy (non-hydrogen) atoms. The van der Waals surface area contributed by atoms with E-state index in [1.165, 1.54) is 25.7 Å². The molecule has 0 bridgehead atoms. The summed E-state index contributed by atoms with van der Waals surface area (Å²) in [6.07, 6.45) is 10.1. The summed E-state index contributed by atoms with van der Waals surface area (Å²) in [5, 5.41) is 0. The Hall–Kier alpha value is -0.790. The minimum Gasteiger partial charge on any atom is -0.335 e. The molecule has 2 aliphatic rings. The largest absolute Gasteiger partial charge is 0.335 e. The summed E-state index contributed by atoms with van der Waals surface area (Å²) < 4.78 is 0. The summed E-state index contributed by atoms with van der Waals surface area (Å²) >= 11 is 0. The number of carbonyl (C=O) groups is 1. The molecule has 1 saturated carbocycles. The lowest BCUT2D eigenvalue weighted by Gasteiger charge is -2.17. The van der Waals surface area contributed by atoms with Gasteiger partial charge in [0.05, 0.1) is 0 Å². The van der Waals surface area contributed by atoms with E-state index in [-0.39, 0.29) is 0 Å². The lowest BCUT2D eigenvalue weighted by molar-refractivity contribution is -0.130. The van der Waals surface area contributed by atoms with E-state index in [4.69, 9.17) is 0 Å². The zero-order chi connectivity index (χ0) is 9.10. The minimum atomic E-state index is 0.358. The normalized spacial score (nSPS) is 22.9. The quantitative estimate of drug-likeness (QED) is 0.593. The highest BCUT2D eigenvalue weighted by Crippen LogP contribution is 2.28. The third-order valence-electron chi connectivity index (χ3n) is 3.11. The van der Waals surface area contributed by atoms with Crippen LogP contribution in [0.1, 0.15) is 32.1 Å². The van der Waals surface area contributed by atoms with Crippen molar-refractivity contribution in [3.8, 4) is 0 Å². The fourth-order valence-electron chi connectivity index (χ4n) is 2.27. The molecule has 0 unspecified atom stereocenters. The molecule has 0 aromatic carbocycles. The molecular formula is C11H17NO. The van der Waals surface area contributed by atoms with Crippen LogP contribution in [0, 0.1) is 5.92 Å². The van der Waals surface area contributed by atoms with Crippen molar-refractivity contribution in [2.45, 2.75) is 32.1 Å². The third-order valence-corrected chi connectivity index (χ3v) is 3.11. The maximum atomic E-state index is 11.7. The molecule has 2 nitrogen and oxygen atoms in total. The number of carbonyl (C=O) groups excluding carboxylic acids is 1. The van der Waals surface area contributed by atoms with Gasteiger partial charge in [-0.05, 0) is 18.8 Å². The Morgan fingerprint density at radius 1 is 1.23 bits per heavy atom. The van der Waals surface area contributed by atoms with E-state index in [9.17, 15) is 4.79 Å². The Bertz CT molecular complexity index is 208. The fourth-order valence-corrected chi connectivity index (χ4v) is 2.27. The molecule has 1 fully saturated rings. The first-order valence-electron chi connectivity index (χ1n) is 5.29. The van der Waals surface area contributed by atoms with Crippen molar-refractivity contribution in [3.63, 3.8) is 0 Å². The molecule has 0 N–H and O–H groups in total. The van der Waals surface area contributed by atoms with Gasteiger partial charge in [-0.2, -0.15) is 0 Å². The first kappa shape index (κ1) is 8.79. The van der Waals surface area contributed by atoms with Gasteiger partial charge in [0.15, 0.2) is 0 Å². The minimum absolute atomic E-state index is 0.358. The summed E-state index contributed by atoms with van der Waals surface area (Å²) in [6.45, 7) is 1.68.